The van der Waals surface area contributed by atoms with Crippen molar-refractivity contribution in [1.29, 1.82) is 0 Å². The average molecular weight is 676 g/mol. The van der Waals surface area contributed by atoms with Gasteiger partial charge in [0.15, 0.2) is 11.5 Å². The molecule has 13 heteroatoms. The molecule has 13 nitrogen and oxygen atoms in total. The first kappa shape index (κ1) is 31.9. The Morgan fingerprint density at radius 1 is 1.00 bits per heavy atom. The average Bonchev–Trinajstić information content (AvgIpc) is 3.76. The number of ether oxygens (including phenoxy) is 1. The number of nitrogens with zero attached hydrogens (tertiary/aromatic N) is 7. The second-order valence-electron chi connectivity index (χ2n) is 13.7. The molecular formula is C37H41N9O4. The van der Waals surface area contributed by atoms with E-state index in [9.17, 15) is 14.4 Å². The zero-order chi connectivity index (χ0) is 34.2. The number of imide groups is 1. The van der Waals surface area contributed by atoms with Crippen molar-refractivity contribution in [1.82, 2.24) is 39.9 Å². The molecule has 5 heterocycles. The fraction of sp³-hybridized carbons (Fsp3) is 0.405. The lowest BCUT2D eigenvalue weighted by atomic mass is 9.85. The number of hydrogen-bond acceptors (Lipinski definition) is 9. The number of amides is 3. The topological polar surface area (TPSA) is 139 Å². The predicted molar refractivity (Wildman–Crippen MR) is 188 cm³/mol. The minimum atomic E-state index is -0.251. The number of carbonyl (C=O) groups is 3. The molecule has 1 unspecified atom stereocenters. The maximum absolute atomic E-state index is 13.5. The molecule has 2 N–H and O–H groups in total. The number of piperazine rings is 1. The number of hydrogen-bond donors (Lipinski definition) is 2. The van der Waals surface area contributed by atoms with Gasteiger partial charge in [0.1, 0.15) is 5.75 Å². The SMILES string of the molecule is COc1cc2nn(-c3cnc4cccnn34)cc2cc1C(=O)NC1CCC(CN2CCN(c3ccc(C4CCC(=O)NC4=O)cc3)CC2)CC1. The van der Waals surface area contributed by atoms with E-state index in [4.69, 9.17) is 9.84 Å². The number of nitrogens with one attached hydrogen (secondary N) is 2. The summed E-state index contributed by atoms with van der Waals surface area (Å²) in [6, 6.07) is 15.8. The van der Waals surface area contributed by atoms with Gasteiger partial charge < -0.3 is 15.0 Å². The van der Waals surface area contributed by atoms with Crippen molar-refractivity contribution < 1.29 is 19.1 Å². The quantitative estimate of drug-likeness (QED) is 0.236. The van der Waals surface area contributed by atoms with E-state index < -0.39 is 0 Å². The van der Waals surface area contributed by atoms with Gasteiger partial charge in [-0.25, -0.2) is 9.67 Å². The van der Waals surface area contributed by atoms with Crippen molar-refractivity contribution in [2.45, 2.75) is 50.5 Å². The Bertz CT molecular complexity index is 2040. The normalized spacial score (nSPS) is 21.8. The van der Waals surface area contributed by atoms with Crippen LogP contribution in [0.2, 0.25) is 0 Å². The lowest BCUT2D eigenvalue weighted by molar-refractivity contribution is -0.134. The van der Waals surface area contributed by atoms with E-state index in [1.54, 1.807) is 28.7 Å². The minimum absolute atomic E-state index is 0.127. The molecule has 3 amide bonds. The molecule has 0 bridgehead atoms. The van der Waals surface area contributed by atoms with E-state index in [1.807, 2.05) is 42.6 Å². The molecule has 1 aliphatic carbocycles. The van der Waals surface area contributed by atoms with Gasteiger partial charge in [0, 0.05) is 74.7 Å². The van der Waals surface area contributed by atoms with E-state index in [1.165, 1.54) is 5.69 Å². The van der Waals surface area contributed by atoms with Gasteiger partial charge in [-0.15, -0.1) is 0 Å². The van der Waals surface area contributed by atoms with E-state index in [0.717, 1.165) is 75.0 Å². The number of imidazole rings is 1. The van der Waals surface area contributed by atoms with Crippen molar-refractivity contribution in [3.8, 4) is 11.6 Å². The highest BCUT2D eigenvalue weighted by Gasteiger charge is 2.29. The van der Waals surface area contributed by atoms with Crippen LogP contribution in [-0.4, -0.2) is 92.9 Å². The molecular weight excluding hydrogens is 634 g/mol. The fourth-order valence-electron chi connectivity index (χ4n) is 7.72. The molecule has 2 aromatic carbocycles. The number of benzene rings is 2. The van der Waals surface area contributed by atoms with E-state index >= 15 is 0 Å². The second-order valence-corrected chi connectivity index (χ2v) is 13.7. The first-order valence-electron chi connectivity index (χ1n) is 17.5. The molecule has 2 saturated heterocycles. The summed E-state index contributed by atoms with van der Waals surface area (Å²) in [5.74, 6) is 1.06. The van der Waals surface area contributed by atoms with Crippen LogP contribution in [0.25, 0.3) is 22.4 Å². The molecule has 50 heavy (non-hydrogen) atoms. The lowest BCUT2D eigenvalue weighted by Crippen LogP contribution is -2.48. The zero-order valence-corrected chi connectivity index (χ0v) is 28.1. The summed E-state index contributed by atoms with van der Waals surface area (Å²) in [6.07, 6.45) is 10.4. The van der Waals surface area contributed by atoms with Crippen molar-refractivity contribution in [3.63, 3.8) is 0 Å². The van der Waals surface area contributed by atoms with Crippen molar-refractivity contribution in [2.75, 3.05) is 44.7 Å². The molecule has 2 aliphatic heterocycles. The first-order valence-corrected chi connectivity index (χ1v) is 17.5. The third kappa shape index (κ3) is 6.40. The third-order valence-electron chi connectivity index (χ3n) is 10.5. The van der Waals surface area contributed by atoms with Crippen LogP contribution in [0.4, 0.5) is 5.69 Å². The molecule has 3 aromatic heterocycles. The van der Waals surface area contributed by atoms with Gasteiger partial charge in [-0.05, 0) is 73.9 Å². The number of fused-ring (bicyclic) bond motifs is 2. The molecule has 1 atom stereocenters. The molecule has 5 aromatic rings. The fourth-order valence-corrected chi connectivity index (χ4v) is 7.72. The Balaban J connectivity index is 0.824. The van der Waals surface area contributed by atoms with Crippen LogP contribution in [0.3, 0.4) is 0 Å². The van der Waals surface area contributed by atoms with Gasteiger partial charge in [-0.1, -0.05) is 12.1 Å². The van der Waals surface area contributed by atoms with Crippen molar-refractivity contribution in [2.24, 2.45) is 5.92 Å². The van der Waals surface area contributed by atoms with Crippen LogP contribution in [0, 0.1) is 5.92 Å². The minimum Gasteiger partial charge on any atom is -0.496 e. The molecule has 258 valence electrons. The molecule has 0 radical (unpaired) electrons. The van der Waals surface area contributed by atoms with Gasteiger partial charge >= 0.3 is 0 Å². The number of carbonyl (C=O) groups excluding carboxylic acids is 3. The zero-order valence-electron chi connectivity index (χ0n) is 28.1. The maximum atomic E-state index is 13.5. The summed E-state index contributed by atoms with van der Waals surface area (Å²) in [7, 11) is 1.58. The number of aromatic nitrogens is 5. The van der Waals surface area contributed by atoms with Gasteiger partial charge in [-0.3, -0.25) is 24.6 Å². The van der Waals surface area contributed by atoms with Gasteiger partial charge in [0.2, 0.25) is 11.8 Å². The summed E-state index contributed by atoms with van der Waals surface area (Å²) >= 11 is 0. The first-order chi connectivity index (χ1) is 24.4. The van der Waals surface area contributed by atoms with Crippen LogP contribution >= 0.6 is 0 Å². The lowest BCUT2D eigenvalue weighted by Gasteiger charge is -2.39. The standard InChI is InChI=1S/C37H41N9O4/c1-50-32-20-31-26(23-45(42-31)35-21-38-33-3-2-14-39-46(33)35)19-30(32)37(49)40-27-8-4-24(5-9-27)22-43-15-17-44(18-16-43)28-10-6-25(7-11-28)29-12-13-34(47)41-36(29)48/h2-3,6-7,10-11,14,19-21,23-24,27,29H,4-5,8-9,12-13,15-18,22H2,1H3,(H,40,49)(H,41,47,48). The van der Waals surface area contributed by atoms with Crippen LogP contribution in [0.1, 0.15) is 60.4 Å². The van der Waals surface area contributed by atoms with Crippen LogP contribution in [0.15, 0.2) is 67.1 Å². The molecule has 3 fully saturated rings. The van der Waals surface area contributed by atoms with E-state index in [2.05, 4.69) is 42.6 Å². The number of piperidine rings is 1. The van der Waals surface area contributed by atoms with E-state index in [-0.39, 0.29) is 29.7 Å². The number of methoxy groups -OCH3 is 1. The summed E-state index contributed by atoms with van der Waals surface area (Å²) in [5, 5.41) is 15.7. The molecule has 8 rings (SSSR count). The molecule has 0 spiro atoms. The van der Waals surface area contributed by atoms with Crippen molar-refractivity contribution in [3.05, 3.63) is 78.2 Å². The van der Waals surface area contributed by atoms with Crippen LogP contribution in [-0.2, 0) is 9.59 Å². The number of rotatable bonds is 8. The Labute approximate surface area is 289 Å². The Morgan fingerprint density at radius 2 is 1.80 bits per heavy atom. The smallest absolute Gasteiger partial charge is 0.255 e. The Hall–Kier alpha value is -5.30. The van der Waals surface area contributed by atoms with E-state index in [0.29, 0.717) is 41.4 Å². The highest BCUT2D eigenvalue weighted by molar-refractivity contribution is 6.01. The van der Waals surface area contributed by atoms with Gasteiger partial charge in [-0.2, -0.15) is 14.7 Å². The van der Waals surface area contributed by atoms with Gasteiger partial charge in [0.25, 0.3) is 5.91 Å². The summed E-state index contributed by atoms with van der Waals surface area (Å²) in [4.78, 5) is 46.7. The van der Waals surface area contributed by atoms with Crippen molar-refractivity contribution >= 4 is 40.0 Å². The van der Waals surface area contributed by atoms with Gasteiger partial charge in [0.05, 0.1) is 30.3 Å². The molecule has 3 aliphatic rings. The summed E-state index contributed by atoms with van der Waals surface area (Å²) in [5.41, 5.74) is 4.08. The summed E-state index contributed by atoms with van der Waals surface area (Å²) in [6.45, 7) is 5.03. The summed E-state index contributed by atoms with van der Waals surface area (Å²) < 4.78 is 9.08. The Kier molecular flexibility index (Phi) is 8.65. The third-order valence-corrected chi connectivity index (χ3v) is 10.5. The number of anilines is 1. The predicted octanol–water partition coefficient (Wildman–Crippen LogP) is 3.71. The second kappa shape index (κ2) is 13.5. The van der Waals surface area contributed by atoms with Crippen LogP contribution < -0.4 is 20.3 Å². The molecule has 1 saturated carbocycles. The Morgan fingerprint density at radius 3 is 2.56 bits per heavy atom. The highest BCUT2D eigenvalue weighted by atomic mass is 16.5. The largest absolute Gasteiger partial charge is 0.496 e. The highest BCUT2D eigenvalue weighted by Crippen LogP contribution is 2.30. The maximum Gasteiger partial charge on any atom is 0.255 e. The monoisotopic (exact) mass is 675 g/mol. The van der Waals surface area contributed by atoms with Crippen LogP contribution in [0.5, 0.6) is 5.75 Å².